The molecule has 0 amide bonds. The van der Waals surface area contributed by atoms with E-state index in [9.17, 15) is 5.11 Å². The molecule has 2 aliphatic rings. The quantitative estimate of drug-likeness (QED) is 0.629. The molecule has 0 spiro atoms. The van der Waals surface area contributed by atoms with Gasteiger partial charge in [0.25, 0.3) is 0 Å². The fraction of sp³-hybridized carbons (Fsp3) is 0.750. The summed E-state index contributed by atoms with van der Waals surface area (Å²) in [6.45, 7) is 11.0. The molecule has 0 aromatic heterocycles. The molecule has 6 nitrogen and oxygen atoms in total. The molecule has 3 rings (SSSR count). The summed E-state index contributed by atoms with van der Waals surface area (Å²) in [7, 11) is 3.69. The molecule has 2 fully saturated rings. The number of methoxy groups -OCH3 is 1. The topological polar surface area (TPSA) is 48.4 Å². The number of aliphatic hydroxyl groups is 1. The Morgan fingerprint density at radius 2 is 1.80 bits per heavy atom. The lowest BCUT2D eigenvalue weighted by molar-refractivity contribution is 0.0668. The minimum Gasteiger partial charge on any atom is -0.493 e. The van der Waals surface area contributed by atoms with E-state index >= 15 is 0 Å². The number of aliphatic hydroxyl groups excluding tert-OH is 1. The summed E-state index contributed by atoms with van der Waals surface area (Å²) in [6.07, 6.45) is 4.78. The number of likely N-dealkylation sites (N-methyl/N-ethyl adjacent to an activating group) is 1. The number of rotatable bonds is 10. The van der Waals surface area contributed by atoms with Gasteiger partial charge in [0.2, 0.25) is 0 Å². The maximum absolute atomic E-state index is 10.2. The van der Waals surface area contributed by atoms with E-state index in [2.05, 4.69) is 40.7 Å². The number of hydrogen-bond acceptors (Lipinski definition) is 6. The van der Waals surface area contributed by atoms with Crippen LogP contribution in [0.1, 0.15) is 45.1 Å². The van der Waals surface area contributed by atoms with Gasteiger partial charge in [0.15, 0.2) is 11.5 Å². The number of ether oxygens (including phenoxy) is 2. The minimum absolute atomic E-state index is 0.261. The van der Waals surface area contributed by atoms with E-state index in [-0.39, 0.29) is 6.61 Å². The van der Waals surface area contributed by atoms with Crippen LogP contribution in [-0.4, -0.2) is 91.5 Å². The first-order chi connectivity index (χ1) is 14.5. The number of likely N-dealkylation sites (tertiary alicyclic amines) is 2. The molecular formula is C24H41N3O3. The molecule has 0 unspecified atom stereocenters. The van der Waals surface area contributed by atoms with Gasteiger partial charge in [0.05, 0.1) is 7.11 Å². The van der Waals surface area contributed by atoms with Gasteiger partial charge in [-0.15, -0.1) is 0 Å². The van der Waals surface area contributed by atoms with Crippen molar-refractivity contribution in [2.24, 2.45) is 0 Å². The number of piperidine rings is 1. The van der Waals surface area contributed by atoms with Crippen LogP contribution in [-0.2, 0) is 6.54 Å². The zero-order chi connectivity index (χ0) is 21.5. The number of benzene rings is 1. The van der Waals surface area contributed by atoms with E-state index in [1.807, 2.05) is 13.1 Å². The first-order valence-electron chi connectivity index (χ1n) is 11.6. The third-order valence-corrected chi connectivity index (χ3v) is 6.66. The first-order valence-corrected chi connectivity index (χ1v) is 11.6. The van der Waals surface area contributed by atoms with Gasteiger partial charge in [-0.2, -0.15) is 0 Å². The summed E-state index contributed by atoms with van der Waals surface area (Å²) >= 11 is 0. The van der Waals surface area contributed by atoms with Gasteiger partial charge >= 0.3 is 0 Å². The van der Waals surface area contributed by atoms with Crippen molar-refractivity contribution in [1.29, 1.82) is 0 Å². The molecular weight excluding hydrogens is 378 g/mol. The van der Waals surface area contributed by atoms with Gasteiger partial charge < -0.3 is 24.4 Å². The van der Waals surface area contributed by atoms with E-state index in [1.54, 1.807) is 7.11 Å². The largest absolute Gasteiger partial charge is 0.493 e. The highest BCUT2D eigenvalue weighted by Crippen LogP contribution is 2.29. The molecule has 2 heterocycles. The second-order valence-electron chi connectivity index (χ2n) is 9.23. The second kappa shape index (κ2) is 11.3. The lowest BCUT2D eigenvalue weighted by atomic mass is 10.0. The van der Waals surface area contributed by atoms with E-state index in [0.717, 1.165) is 31.4 Å². The Morgan fingerprint density at radius 3 is 2.43 bits per heavy atom. The molecule has 1 atom stereocenters. The lowest BCUT2D eigenvalue weighted by Gasteiger charge is -2.36. The predicted octanol–water partition coefficient (Wildman–Crippen LogP) is 2.84. The average Bonchev–Trinajstić information content (AvgIpc) is 3.28. The monoisotopic (exact) mass is 419 g/mol. The van der Waals surface area contributed by atoms with Crippen molar-refractivity contribution in [2.75, 3.05) is 53.5 Å². The summed E-state index contributed by atoms with van der Waals surface area (Å²) in [5, 5.41) is 10.2. The summed E-state index contributed by atoms with van der Waals surface area (Å²) in [4.78, 5) is 7.36. The van der Waals surface area contributed by atoms with Crippen LogP contribution in [0.5, 0.6) is 11.5 Å². The van der Waals surface area contributed by atoms with Crippen molar-refractivity contribution < 1.29 is 14.6 Å². The van der Waals surface area contributed by atoms with Crippen LogP contribution >= 0.6 is 0 Å². The Hall–Kier alpha value is -1.34. The number of hydrogen-bond donors (Lipinski definition) is 1. The zero-order valence-corrected chi connectivity index (χ0v) is 19.3. The smallest absolute Gasteiger partial charge is 0.161 e. The van der Waals surface area contributed by atoms with E-state index in [1.165, 1.54) is 44.3 Å². The standard InChI is InChI=1S/C24H41N3O3/c1-19(2)25(3)17-22(28)18-30-23-8-7-20(15-24(23)29-4)16-26-13-9-21(10-14-26)27-11-5-6-12-27/h7-8,15,19,21-22,28H,5-6,9-14,16-18H2,1-4H3/t22-/m1/s1. The van der Waals surface area contributed by atoms with Crippen LogP contribution in [0.25, 0.3) is 0 Å². The van der Waals surface area contributed by atoms with Crippen LogP contribution in [0.15, 0.2) is 18.2 Å². The molecule has 30 heavy (non-hydrogen) atoms. The molecule has 1 aromatic carbocycles. The molecule has 2 aliphatic heterocycles. The molecule has 0 bridgehead atoms. The van der Waals surface area contributed by atoms with Gasteiger partial charge in [-0.3, -0.25) is 4.90 Å². The Morgan fingerprint density at radius 1 is 1.10 bits per heavy atom. The molecule has 2 saturated heterocycles. The highest BCUT2D eigenvalue weighted by molar-refractivity contribution is 5.43. The normalized spacial score (nSPS) is 20.2. The summed E-state index contributed by atoms with van der Waals surface area (Å²) < 4.78 is 11.4. The second-order valence-corrected chi connectivity index (χ2v) is 9.23. The molecule has 0 aliphatic carbocycles. The average molecular weight is 420 g/mol. The third-order valence-electron chi connectivity index (χ3n) is 6.66. The first kappa shape index (κ1) is 23.3. The predicted molar refractivity (Wildman–Crippen MR) is 121 cm³/mol. The molecule has 1 N–H and O–H groups in total. The Labute approximate surface area is 182 Å². The third kappa shape index (κ3) is 6.58. The summed E-state index contributed by atoms with van der Waals surface area (Å²) in [6, 6.07) is 7.36. The molecule has 6 heteroatoms. The minimum atomic E-state index is -0.529. The fourth-order valence-corrected chi connectivity index (χ4v) is 4.52. The number of nitrogens with zero attached hydrogens (tertiary/aromatic N) is 3. The Bertz CT molecular complexity index is 641. The summed E-state index contributed by atoms with van der Waals surface area (Å²) in [5.74, 6) is 1.43. The van der Waals surface area contributed by atoms with Crippen molar-refractivity contribution in [3.63, 3.8) is 0 Å². The van der Waals surface area contributed by atoms with Crippen molar-refractivity contribution >= 4 is 0 Å². The van der Waals surface area contributed by atoms with Crippen LogP contribution < -0.4 is 9.47 Å². The van der Waals surface area contributed by atoms with E-state index in [0.29, 0.717) is 18.3 Å². The molecule has 1 aromatic rings. The van der Waals surface area contributed by atoms with E-state index < -0.39 is 6.10 Å². The van der Waals surface area contributed by atoms with Crippen LogP contribution in [0.3, 0.4) is 0 Å². The molecule has 170 valence electrons. The zero-order valence-electron chi connectivity index (χ0n) is 19.3. The van der Waals surface area contributed by atoms with Crippen molar-refractivity contribution in [1.82, 2.24) is 14.7 Å². The maximum Gasteiger partial charge on any atom is 0.161 e. The van der Waals surface area contributed by atoms with Gasteiger partial charge in [-0.1, -0.05) is 6.07 Å². The highest BCUT2D eigenvalue weighted by atomic mass is 16.5. The Kier molecular flexibility index (Phi) is 8.81. The Balaban J connectivity index is 1.48. The SMILES string of the molecule is COc1cc(CN2CCC(N3CCCC3)CC2)ccc1OC[C@H](O)CN(C)C(C)C. The van der Waals surface area contributed by atoms with Crippen molar-refractivity contribution in [3.8, 4) is 11.5 Å². The molecule has 0 saturated carbocycles. The van der Waals surface area contributed by atoms with Crippen LogP contribution in [0, 0.1) is 0 Å². The fourth-order valence-electron chi connectivity index (χ4n) is 4.52. The van der Waals surface area contributed by atoms with Gasteiger partial charge in [0, 0.05) is 25.2 Å². The van der Waals surface area contributed by atoms with Gasteiger partial charge in [-0.25, -0.2) is 0 Å². The van der Waals surface area contributed by atoms with Gasteiger partial charge in [-0.05, 0) is 90.5 Å². The summed E-state index contributed by atoms with van der Waals surface area (Å²) in [5.41, 5.74) is 1.25. The van der Waals surface area contributed by atoms with E-state index in [4.69, 9.17) is 9.47 Å². The van der Waals surface area contributed by atoms with Crippen molar-refractivity contribution in [3.05, 3.63) is 23.8 Å². The van der Waals surface area contributed by atoms with Crippen molar-refractivity contribution in [2.45, 2.75) is 64.3 Å². The van der Waals surface area contributed by atoms with Gasteiger partial charge in [0.1, 0.15) is 12.7 Å². The maximum atomic E-state index is 10.2. The highest BCUT2D eigenvalue weighted by Gasteiger charge is 2.26. The van der Waals surface area contributed by atoms with Crippen LogP contribution in [0.2, 0.25) is 0 Å². The lowest BCUT2D eigenvalue weighted by Crippen LogP contribution is -2.43. The van der Waals surface area contributed by atoms with Crippen LogP contribution in [0.4, 0.5) is 0 Å². The molecule has 0 radical (unpaired) electrons.